The second-order valence-electron chi connectivity index (χ2n) is 5.70. The predicted molar refractivity (Wildman–Crippen MR) is 91.4 cm³/mol. The van der Waals surface area contributed by atoms with Gasteiger partial charge in [0, 0.05) is 31.9 Å². The molecule has 0 aliphatic carbocycles. The molecular weight excluding hydrogens is 365 g/mol. The average Bonchev–Trinajstić information content (AvgIpc) is 3.01. The van der Waals surface area contributed by atoms with Gasteiger partial charge in [-0.3, -0.25) is 14.3 Å². The molecule has 1 aromatic heterocycles. The van der Waals surface area contributed by atoms with Crippen molar-refractivity contribution in [3.8, 4) is 5.75 Å². The molecule has 2 aromatic rings. The molecule has 2 rings (SSSR count). The SMILES string of the molecule is COc1ccc(NC(=O)CCCNC(=O)c2cn(C)nc2C(F)(F)F)cc1. The summed E-state index contributed by atoms with van der Waals surface area (Å²) in [4.78, 5) is 23.8. The second-order valence-corrected chi connectivity index (χ2v) is 5.70. The third-order valence-corrected chi connectivity index (χ3v) is 3.58. The van der Waals surface area contributed by atoms with Gasteiger partial charge >= 0.3 is 6.18 Å². The number of hydrogen-bond donors (Lipinski definition) is 2. The smallest absolute Gasteiger partial charge is 0.435 e. The molecule has 2 N–H and O–H groups in total. The Morgan fingerprint density at radius 3 is 2.48 bits per heavy atom. The number of amides is 2. The molecule has 0 bridgehead atoms. The Balaban J connectivity index is 1.79. The molecule has 0 aliphatic heterocycles. The largest absolute Gasteiger partial charge is 0.497 e. The molecule has 0 unspecified atom stereocenters. The molecule has 0 saturated heterocycles. The number of nitrogens with one attached hydrogen (secondary N) is 2. The Morgan fingerprint density at radius 2 is 1.89 bits per heavy atom. The van der Waals surface area contributed by atoms with Crippen LogP contribution in [-0.4, -0.2) is 35.2 Å². The van der Waals surface area contributed by atoms with E-state index < -0.39 is 23.3 Å². The Labute approximate surface area is 153 Å². The van der Waals surface area contributed by atoms with E-state index in [4.69, 9.17) is 4.74 Å². The lowest BCUT2D eigenvalue weighted by Crippen LogP contribution is -2.27. The minimum absolute atomic E-state index is 0.0566. The summed E-state index contributed by atoms with van der Waals surface area (Å²) in [5.74, 6) is -0.498. The number of carbonyl (C=O) groups is 2. The third-order valence-electron chi connectivity index (χ3n) is 3.58. The molecule has 1 aromatic carbocycles. The predicted octanol–water partition coefficient (Wildman–Crippen LogP) is 2.60. The summed E-state index contributed by atoms with van der Waals surface area (Å²) in [6.07, 6.45) is -3.33. The third kappa shape index (κ3) is 5.73. The van der Waals surface area contributed by atoms with Crippen LogP contribution >= 0.6 is 0 Å². The second kappa shape index (κ2) is 8.56. The highest BCUT2D eigenvalue weighted by Crippen LogP contribution is 2.30. The molecule has 0 spiro atoms. The van der Waals surface area contributed by atoms with Gasteiger partial charge < -0.3 is 15.4 Å². The van der Waals surface area contributed by atoms with E-state index in [1.165, 1.54) is 14.2 Å². The number of methoxy groups -OCH3 is 1. The lowest BCUT2D eigenvalue weighted by molar-refractivity contribution is -0.141. The summed E-state index contributed by atoms with van der Waals surface area (Å²) in [5.41, 5.74) is -1.19. The van der Waals surface area contributed by atoms with E-state index in [9.17, 15) is 22.8 Å². The summed E-state index contributed by atoms with van der Waals surface area (Å²) in [7, 11) is 2.83. The van der Waals surface area contributed by atoms with Crippen molar-refractivity contribution in [2.45, 2.75) is 19.0 Å². The van der Waals surface area contributed by atoms with Crippen LogP contribution in [0.5, 0.6) is 5.75 Å². The summed E-state index contributed by atoms with van der Waals surface area (Å²) >= 11 is 0. The van der Waals surface area contributed by atoms with Crippen molar-refractivity contribution in [1.29, 1.82) is 0 Å². The van der Waals surface area contributed by atoms with Crippen molar-refractivity contribution in [3.05, 3.63) is 41.7 Å². The number of hydrogen-bond acceptors (Lipinski definition) is 4. The standard InChI is InChI=1S/C17H19F3N4O3/c1-24-10-13(15(23-24)17(18,19)20)16(26)21-9-3-4-14(25)22-11-5-7-12(27-2)8-6-11/h5-8,10H,3-4,9H2,1-2H3,(H,21,26)(H,22,25). The summed E-state index contributed by atoms with van der Waals surface area (Å²) in [6.45, 7) is 0.0566. The molecule has 0 fully saturated rings. The maximum atomic E-state index is 12.9. The van der Waals surface area contributed by atoms with Gasteiger partial charge in [0.05, 0.1) is 12.7 Å². The van der Waals surface area contributed by atoms with Crippen molar-refractivity contribution in [1.82, 2.24) is 15.1 Å². The van der Waals surface area contributed by atoms with E-state index in [0.717, 1.165) is 10.9 Å². The van der Waals surface area contributed by atoms with Gasteiger partial charge in [-0.2, -0.15) is 18.3 Å². The number of nitrogens with zero attached hydrogens (tertiary/aromatic N) is 2. The maximum absolute atomic E-state index is 12.9. The number of aromatic nitrogens is 2. The van der Waals surface area contributed by atoms with Crippen LogP contribution in [0.25, 0.3) is 0 Å². The molecule has 7 nitrogen and oxygen atoms in total. The molecule has 146 valence electrons. The van der Waals surface area contributed by atoms with Crippen LogP contribution in [-0.2, 0) is 18.0 Å². The highest BCUT2D eigenvalue weighted by atomic mass is 19.4. The van der Waals surface area contributed by atoms with Crippen molar-refractivity contribution < 1.29 is 27.5 Å². The molecule has 1 heterocycles. The van der Waals surface area contributed by atoms with E-state index in [1.54, 1.807) is 24.3 Å². The fraction of sp³-hybridized carbons (Fsp3) is 0.353. The number of aryl methyl sites for hydroxylation is 1. The number of rotatable bonds is 7. The molecule has 0 aliphatic rings. The number of benzene rings is 1. The zero-order valence-electron chi connectivity index (χ0n) is 14.8. The molecule has 0 saturated carbocycles. The molecule has 2 amide bonds. The zero-order chi connectivity index (χ0) is 20.0. The van der Waals surface area contributed by atoms with Gasteiger partial charge in [-0.05, 0) is 30.7 Å². The number of halogens is 3. The van der Waals surface area contributed by atoms with E-state index >= 15 is 0 Å². The highest BCUT2D eigenvalue weighted by Gasteiger charge is 2.38. The van der Waals surface area contributed by atoms with Gasteiger partial charge in [-0.15, -0.1) is 0 Å². The van der Waals surface area contributed by atoms with E-state index in [-0.39, 0.29) is 25.3 Å². The summed E-state index contributed by atoms with van der Waals surface area (Å²) in [5, 5.41) is 8.32. The molecule has 27 heavy (non-hydrogen) atoms. The quantitative estimate of drug-likeness (QED) is 0.719. The monoisotopic (exact) mass is 384 g/mol. The van der Waals surface area contributed by atoms with Crippen LogP contribution in [0.3, 0.4) is 0 Å². The minimum atomic E-state index is -4.72. The Hall–Kier alpha value is -3.04. The van der Waals surface area contributed by atoms with Crippen LogP contribution in [0.4, 0.5) is 18.9 Å². The molecule has 10 heteroatoms. The van der Waals surface area contributed by atoms with Crippen molar-refractivity contribution in [2.24, 2.45) is 7.05 Å². The average molecular weight is 384 g/mol. The number of anilines is 1. The number of carbonyl (C=O) groups excluding carboxylic acids is 2. The van der Waals surface area contributed by atoms with Crippen molar-refractivity contribution >= 4 is 17.5 Å². The number of ether oxygens (including phenoxy) is 1. The number of alkyl halides is 3. The van der Waals surface area contributed by atoms with Crippen LogP contribution in [0.2, 0.25) is 0 Å². The minimum Gasteiger partial charge on any atom is -0.497 e. The van der Waals surface area contributed by atoms with Gasteiger partial charge in [-0.25, -0.2) is 0 Å². The van der Waals surface area contributed by atoms with Gasteiger partial charge in [0.1, 0.15) is 5.75 Å². The van der Waals surface area contributed by atoms with E-state index in [2.05, 4.69) is 15.7 Å². The summed E-state index contributed by atoms with van der Waals surface area (Å²) in [6, 6.07) is 6.75. The van der Waals surface area contributed by atoms with Crippen molar-refractivity contribution in [2.75, 3.05) is 19.0 Å². The first kappa shape index (κ1) is 20.3. The lowest BCUT2D eigenvalue weighted by Gasteiger charge is -2.08. The molecular formula is C17H19F3N4O3. The molecule has 0 atom stereocenters. The van der Waals surface area contributed by atoms with E-state index in [0.29, 0.717) is 11.4 Å². The fourth-order valence-corrected chi connectivity index (χ4v) is 2.31. The van der Waals surface area contributed by atoms with Gasteiger partial charge in [0.15, 0.2) is 5.69 Å². The fourth-order valence-electron chi connectivity index (χ4n) is 2.31. The summed E-state index contributed by atoms with van der Waals surface area (Å²) < 4.78 is 44.5. The van der Waals surface area contributed by atoms with Crippen LogP contribution in [0.15, 0.2) is 30.5 Å². The Bertz CT molecular complexity index is 801. The highest BCUT2D eigenvalue weighted by molar-refractivity contribution is 5.95. The molecule has 0 radical (unpaired) electrons. The first-order valence-corrected chi connectivity index (χ1v) is 8.03. The zero-order valence-corrected chi connectivity index (χ0v) is 14.8. The van der Waals surface area contributed by atoms with Crippen LogP contribution in [0.1, 0.15) is 28.9 Å². The van der Waals surface area contributed by atoms with E-state index in [1.807, 2.05) is 0 Å². The first-order chi connectivity index (χ1) is 12.7. The van der Waals surface area contributed by atoms with Gasteiger partial charge in [0.25, 0.3) is 5.91 Å². The van der Waals surface area contributed by atoms with Gasteiger partial charge in [0.2, 0.25) is 5.91 Å². The first-order valence-electron chi connectivity index (χ1n) is 8.03. The lowest BCUT2D eigenvalue weighted by atomic mass is 10.2. The maximum Gasteiger partial charge on any atom is 0.435 e. The van der Waals surface area contributed by atoms with Gasteiger partial charge in [-0.1, -0.05) is 0 Å². The Morgan fingerprint density at radius 1 is 1.22 bits per heavy atom. The van der Waals surface area contributed by atoms with Crippen LogP contribution in [0, 0.1) is 0 Å². The van der Waals surface area contributed by atoms with Crippen LogP contribution < -0.4 is 15.4 Å². The topological polar surface area (TPSA) is 85.3 Å². The Kier molecular flexibility index (Phi) is 6.43. The van der Waals surface area contributed by atoms with Crippen molar-refractivity contribution in [3.63, 3.8) is 0 Å². The normalized spacial score (nSPS) is 11.1.